The molecule has 4 nitrogen and oxygen atoms in total. The quantitative estimate of drug-likeness (QED) is 0.488. The number of aryl methyl sites for hydroxylation is 1. The predicted molar refractivity (Wildman–Crippen MR) is 94.7 cm³/mol. The number of aliphatic hydroxyl groups excluding tert-OH is 2. The van der Waals surface area contributed by atoms with Crippen LogP contribution < -0.4 is 10.5 Å². The maximum Gasteiger partial charge on any atom is 0.119 e. The second kappa shape index (κ2) is 11.4. The highest BCUT2D eigenvalue weighted by Gasteiger charge is 2.21. The number of nitrogens with two attached hydrogens (primary N) is 1. The van der Waals surface area contributed by atoms with Crippen molar-refractivity contribution in [3.8, 4) is 5.75 Å². The zero-order chi connectivity index (χ0) is 17.0. The Balaban J connectivity index is 2.21. The van der Waals surface area contributed by atoms with E-state index in [0.29, 0.717) is 6.42 Å². The van der Waals surface area contributed by atoms with E-state index in [-0.39, 0.29) is 13.2 Å². The molecule has 0 amide bonds. The van der Waals surface area contributed by atoms with Crippen molar-refractivity contribution >= 4 is 0 Å². The second-order valence-corrected chi connectivity index (χ2v) is 6.44. The molecule has 0 aliphatic carbocycles. The molecule has 23 heavy (non-hydrogen) atoms. The first-order valence-corrected chi connectivity index (χ1v) is 8.86. The van der Waals surface area contributed by atoms with Crippen molar-refractivity contribution in [1.29, 1.82) is 0 Å². The molecule has 0 fully saturated rings. The van der Waals surface area contributed by atoms with E-state index in [0.717, 1.165) is 38.0 Å². The van der Waals surface area contributed by atoms with Crippen LogP contribution in [-0.4, -0.2) is 35.6 Å². The van der Waals surface area contributed by atoms with Crippen LogP contribution in [0.15, 0.2) is 24.3 Å². The van der Waals surface area contributed by atoms with E-state index in [1.165, 1.54) is 24.8 Å². The van der Waals surface area contributed by atoms with E-state index in [4.69, 9.17) is 20.7 Å². The number of unbranched alkanes of at least 4 members (excludes halogenated alkanes) is 4. The lowest BCUT2D eigenvalue weighted by Crippen LogP contribution is -2.47. The van der Waals surface area contributed by atoms with E-state index in [1.54, 1.807) is 0 Å². The van der Waals surface area contributed by atoms with Gasteiger partial charge in [0.25, 0.3) is 0 Å². The normalized spacial score (nSPS) is 11.7. The van der Waals surface area contributed by atoms with Crippen LogP contribution in [0, 0.1) is 0 Å². The number of ether oxygens (including phenoxy) is 1. The van der Waals surface area contributed by atoms with Crippen LogP contribution in [0.25, 0.3) is 0 Å². The van der Waals surface area contributed by atoms with Gasteiger partial charge in [-0.15, -0.1) is 0 Å². The summed E-state index contributed by atoms with van der Waals surface area (Å²) < 4.78 is 5.73. The summed E-state index contributed by atoms with van der Waals surface area (Å²) in [4.78, 5) is 0. The van der Waals surface area contributed by atoms with Gasteiger partial charge in [-0.3, -0.25) is 0 Å². The third kappa shape index (κ3) is 8.35. The Morgan fingerprint density at radius 1 is 0.957 bits per heavy atom. The molecule has 4 N–H and O–H groups in total. The summed E-state index contributed by atoms with van der Waals surface area (Å²) in [6.07, 6.45) is 8.38. The molecule has 0 saturated heterocycles. The largest absolute Gasteiger partial charge is 0.494 e. The van der Waals surface area contributed by atoms with Gasteiger partial charge in [-0.25, -0.2) is 0 Å². The third-order valence-corrected chi connectivity index (χ3v) is 4.21. The molecule has 0 aliphatic rings. The molecule has 0 saturated carbocycles. The maximum atomic E-state index is 9.15. The van der Waals surface area contributed by atoms with Crippen molar-refractivity contribution < 1.29 is 14.9 Å². The summed E-state index contributed by atoms with van der Waals surface area (Å²) in [5.41, 5.74) is 6.30. The number of rotatable bonds is 13. The Morgan fingerprint density at radius 2 is 1.65 bits per heavy atom. The molecule has 0 aromatic heterocycles. The molecule has 0 bridgehead atoms. The van der Waals surface area contributed by atoms with Gasteiger partial charge in [-0.1, -0.05) is 44.7 Å². The van der Waals surface area contributed by atoms with Gasteiger partial charge in [0.05, 0.1) is 25.4 Å². The fraction of sp³-hybridized carbons (Fsp3) is 0.684. The number of hydrogen-bond acceptors (Lipinski definition) is 4. The zero-order valence-electron chi connectivity index (χ0n) is 14.5. The minimum atomic E-state index is -0.838. The van der Waals surface area contributed by atoms with Crippen molar-refractivity contribution in [2.75, 3.05) is 19.8 Å². The molecule has 4 heteroatoms. The summed E-state index contributed by atoms with van der Waals surface area (Å²) in [5, 5.41) is 18.3. The highest BCUT2D eigenvalue weighted by Crippen LogP contribution is 2.16. The summed E-state index contributed by atoms with van der Waals surface area (Å²) in [5.74, 6) is 0.937. The first kappa shape index (κ1) is 19.9. The van der Waals surface area contributed by atoms with Gasteiger partial charge in [0.2, 0.25) is 0 Å². The summed E-state index contributed by atoms with van der Waals surface area (Å²) in [7, 11) is 0. The van der Waals surface area contributed by atoms with Gasteiger partial charge in [-0.05, 0) is 43.4 Å². The molecule has 1 rings (SSSR count). The monoisotopic (exact) mass is 323 g/mol. The fourth-order valence-electron chi connectivity index (χ4n) is 2.49. The third-order valence-electron chi connectivity index (χ3n) is 4.21. The average molecular weight is 323 g/mol. The van der Waals surface area contributed by atoms with Crippen LogP contribution in [0.5, 0.6) is 5.75 Å². The van der Waals surface area contributed by atoms with Crippen molar-refractivity contribution in [1.82, 2.24) is 0 Å². The highest BCUT2D eigenvalue weighted by molar-refractivity contribution is 5.27. The van der Waals surface area contributed by atoms with Crippen LogP contribution in [0.1, 0.15) is 57.4 Å². The molecular weight excluding hydrogens is 290 g/mol. The highest BCUT2D eigenvalue weighted by atomic mass is 16.5. The summed E-state index contributed by atoms with van der Waals surface area (Å²) in [6, 6.07) is 8.28. The van der Waals surface area contributed by atoms with Gasteiger partial charge in [0.15, 0.2) is 0 Å². The predicted octanol–water partition coefficient (Wildman–Crippen LogP) is 3.04. The van der Waals surface area contributed by atoms with Gasteiger partial charge >= 0.3 is 0 Å². The first-order valence-electron chi connectivity index (χ1n) is 8.86. The van der Waals surface area contributed by atoms with Crippen molar-refractivity contribution in [3.05, 3.63) is 29.8 Å². The second-order valence-electron chi connectivity index (χ2n) is 6.44. The van der Waals surface area contributed by atoms with Crippen molar-refractivity contribution in [2.45, 2.75) is 63.8 Å². The average Bonchev–Trinajstić information content (AvgIpc) is 2.59. The molecular formula is C19H33NO3. The van der Waals surface area contributed by atoms with E-state index < -0.39 is 5.54 Å². The van der Waals surface area contributed by atoms with Gasteiger partial charge in [0, 0.05) is 0 Å². The number of aliphatic hydroxyl groups is 2. The Labute approximate surface area is 140 Å². The summed E-state index contributed by atoms with van der Waals surface area (Å²) >= 11 is 0. The number of hydrogen-bond donors (Lipinski definition) is 3. The molecule has 1 aromatic carbocycles. The van der Waals surface area contributed by atoms with E-state index in [9.17, 15) is 0 Å². The fourth-order valence-corrected chi connectivity index (χ4v) is 2.49. The first-order chi connectivity index (χ1) is 11.1. The van der Waals surface area contributed by atoms with E-state index in [2.05, 4.69) is 19.1 Å². The minimum absolute atomic E-state index is 0.173. The van der Waals surface area contributed by atoms with E-state index in [1.807, 2.05) is 12.1 Å². The van der Waals surface area contributed by atoms with Gasteiger partial charge in [0.1, 0.15) is 5.75 Å². The van der Waals surface area contributed by atoms with E-state index >= 15 is 0 Å². The van der Waals surface area contributed by atoms with Crippen molar-refractivity contribution in [3.63, 3.8) is 0 Å². The van der Waals surface area contributed by atoms with Crippen LogP contribution in [0.3, 0.4) is 0 Å². The van der Waals surface area contributed by atoms with Crippen molar-refractivity contribution in [2.24, 2.45) is 5.73 Å². The Kier molecular flexibility index (Phi) is 9.92. The molecule has 0 radical (unpaired) electrons. The van der Waals surface area contributed by atoms with Crippen LogP contribution in [0.4, 0.5) is 0 Å². The Hall–Kier alpha value is -1.10. The lowest BCUT2D eigenvalue weighted by Gasteiger charge is -2.24. The maximum absolute atomic E-state index is 9.15. The Morgan fingerprint density at radius 3 is 2.26 bits per heavy atom. The van der Waals surface area contributed by atoms with Crippen LogP contribution in [0.2, 0.25) is 0 Å². The zero-order valence-corrected chi connectivity index (χ0v) is 14.5. The number of benzene rings is 1. The van der Waals surface area contributed by atoms with Crippen LogP contribution >= 0.6 is 0 Å². The lowest BCUT2D eigenvalue weighted by molar-refractivity contribution is 0.112. The molecule has 0 atom stereocenters. The standard InChI is InChI=1S/C19H33NO3/c1-2-3-4-7-14-23-18-11-9-17(10-12-18)8-5-6-13-19(20,15-21)16-22/h9-12,21-22H,2-8,13-16,20H2,1H3. The molecule has 1 aromatic rings. The van der Waals surface area contributed by atoms with Gasteiger partial charge < -0.3 is 20.7 Å². The van der Waals surface area contributed by atoms with Gasteiger partial charge in [-0.2, -0.15) is 0 Å². The molecule has 0 aliphatic heterocycles. The Bertz CT molecular complexity index is 402. The van der Waals surface area contributed by atoms with Crippen LogP contribution in [-0.2, 0) is 6.42 Å². The minimum Gasteiger partial charge on any atom is -0.494 e. The molecule has 132 valence electrons. The molecule has 0 heterocycles. The lowest BCUT2D eigenvalue weighted by atomic mass is 9.94. The summed E-state index contributed by atoms with van der Waals surface area (Å²) in [6.45, 7) is 2.66. The molecule has 0 unspecified atom stereocenters. The molecule has 0 spiro atoms. The smallest absolute Gasteiger partial charge is 0.119 e. The topological polar surface area (TPSA) is 75.7 Å². The SMILES string of the molecule is CCCCCCOc1ccc(CCCCC(N)(CO)CO)cc1.